The van der Waals surface area contributed by atoms with Crippen molar-refractivity contribution in [2.75, 3.05) is 21.3 Å². The van der Waals surface area contributed by atoms with Gasteiger partial charge in [-0.2, -0.15) is 0 Å². The molecule has 8 nitrogen and oxygen atoms in total. The van der Waals surface area contributed by atoms with Gasteiger partial charge in [-0.25, -0.2) is 9.78 Å². The summed E-state index contributed by atoms with van der Waals surface area (Å²) in [6.45, 7) is 1.96. The van der Waals surface area contributed by atoms with E-state index in [1.54, 1.807) is 31.2 Å². The van der Waals surface area contributed by atoms with Crippen molar-refractivity contribution in [3.8, 4) is 5.88 Å². The summed E-state index contributed by atoms with van der Waals surface area (Å²) >= 11 is 0. The van der Waals surface area contributed by atoms with Crippen LogP contribution in [0, 0.1) is 0 Å². The topological polar surface area (TPSA) is 91.6 Å². The van der Waals surface area contributed by atoms with E-state index in [4.69, 9.17) is 19.1 Å². The number of oxime groups is 2. The highest BCUT2D eigenvalue weighted by atomic mass is 16.6. The molecule has 0 saturated carbocycles. The zero-order valence-corrected chi connectivity index (χ0v) is 15.6. The van der Waals surface area contributed by atoms with E-state index >= 15 is 0 Å². The molecule has 0 aliphatic carbocycles. The molecular formula is C19H21N3O5. The first-order valence-electron chi connectivity index (χ1n) is 8.06. The maximum absolute atomic E-state index is 12.0. The lowest BCUT2D eigenvalue weighted by Crippen LogP contribution is -2.20. The van der Waals surface area contributed by atoms with Crippen LogP contribution in [0.5, 0.6) is 5.88 Å². The summed E-state index contributed by atoms with van der Waals surface area (Å²) in [7, 11) is 4.12. The monoisotopic (exact) mass is 371 g/mol. The Morgan fingerprint density at radius 3 is 2.44 bits per heavy atom. The molecule has 142 valence electrons. The van der Waals surface area contributed by atoms with E-state index in [1.807, 2.05) is 18.2 Å². The number of methoxy groups -OCH3 is 1. The number of hydrogen-bond acceptors (Lipinski definition) is 8. The molecule has 0 aliphatic rings. The molecule has 0 unspecified atom stereocenters. The molecule has 0 fully saturated rings. The summed E-state index contributed by atoms with van der Waals surface area (Å²) < 4.78 is 10.6. The molecule has 1 heterocycles. The van der Waals surface area contributed by atoms with E-state index < -0.39 is 5.97 Å². The van der Waals surface area contributed by atoms with Gasteiger partial charge in [0.1, 0.15) is 26.5 Å². The first kappa shape index (κ1) is 19.9. The third kappa shape index (κ3) is 5.27. The van der Waals surface area contributed by atoms with Crippen molar-refractivity contribution >= 4 is 17.4 Å². The van der Waals surface area contributed by atoms with Crippen molar-refractivity contribution in [2.24, 2.45) is 10.3 Å². The van der Waals surface area contributed by atoms with Crippen LogP contribution >= 0.6 is 0 Å². The van der Waals surface area contributed by atoms with E-state index in [2.05, 4.69) is 15.3 Å². The highest BCUT2D eigenvalue weighted by Gasteiger charge is 2.19. The van der Waals surface area contributed by atoms with Gasteiger partial charge in [0.25, 0.3) is 0 Å². The van der Waals surface area contributed by atoms with Gasteiger partial charge in [0.15, 0.2) is 5.71 Å². The highest BCUT2D eigenvalue weighted by Crippen LogP contribution is 2.16. The number of nitrogens with zero attached hydrogens (tertiary/aromatic N) is 3. The van der Waals surface area contributed by atoms with Crippen LogP contribution in [-0.2, 0) is 25.8 Å². The van der Waals surface area contributed by atoms with Gasteiger partial charge >= 0.3 is 5.97 Å². The number of benzene rings is 1. The molecule has 1 aromatic carbocycles. The van der Waals surface area contributed by atoms with E-state index in [0.717, 1.165) is 5.56 Å². The number of hydrogen-bond donors (Lipinski definition) is 0. The Kier molecular flexibility index (Phi) is 7.30. The van der Waals surface area contributed by atoms with Gasteiger partial charge in [-0.3, -0.25) is 0 Å². The number of carbonyl (C=O) groups excluding carboxylic acids is 1. The Labute approximate surface area is 157 Å². The van der Waals surface area contributed by atoms with Crippen LogP contribution in [0.4, 0.5) is 0 Å². The van der Waals surface area contributed by atoms with Gasteiger partial charge in [0, 0.05) is 11.6 Å². The lowest BCUT2D eigenvalue weighted by molar-refractivity contribution is -0.132. The molecule has 0 radical (unpaired) electrons. The SMILES string of the molecule is CO/N=C(\C)c1cccc(OCc2ccccc2/C(=N\OC)C(=O)OC)n1. The number of esters is 1. The van der Waals surface area contributed by atoms with Crippen LogP contribution < -0.4 is 4.74 Å². The molecular weight excluding hydrogens is 350 g/mol. The number of rotatable bonds is 8. The minimum Gasteiger partial charge on any atom is -0.473 e. The van der Waals surface area contributed by atoms with Crippen molar-refractivity contribution in [1.82, 2.24) is 4.98 Å². The molecule has 1 aromatic heterocycles. The minimum atomic E-state index is -0.601. The standard InChI is InChI=1S/C19H21N3O5/c1-13(21-25-3)16-10-7-11-17(20-16)27-12-14-8-5-6-9-15(14)18(22-26-4)19(23)24-2/h5-11H,12H2,1-4H3/b21-13+,22-18+. The molecule has 2 rings (SSSR count). The van der Waals surface area contributed by atoms with Crippen LogP contribution in [-0.4, -0.2) is 43.7 Å². The van der Waals surface area contributed by atoms with Crippen LogP contribution in [0.2, 0.25) is 0 Å². The molecule has 8 heteroatoms. The molecule has 0 atom stereocenters. The first-order valence-corrected chi connectivity index (χ1v) is 8.06. The highest BCUT2D eigenvalue weighted by molar-refractivity contribution is 6.43. The molecule has 0 N–H and O–H groups in total. The van der Waals surface area contributed by atoms with Crippen LogP contribution in [0.1, 0.15) is 23.7 Å². The van der Waals surface area contributed by atoms with Gasteiger partial charge in [-0.1, -0.05) is 40.6 Å². The first-order chi connectivity index (χ1) is 13.1. The summed E-state index contributed by atoms with van der Waals surface area (Å²) in [5.74, 6) is -0.188. The summed E-state index contributed by atoms with van der Waals surface area (Å²) in [6, 6.07) is 12.5. The summed E-state index contributed by atoms with van der Waals surface area (Å²) in [5.41, 5.74) is 2.61. The molecule has 0 saturated heterocycles. The Hall–Kier alpha value is -3.42. The molecule has 0 spiro atoms. The average Bonchev–Trinajstić information content (AvgIpc) is 2.70. The smallest absolute Gasteiger partial charge is 0.360 e. The fourth-order valence-corrected chi connectivity index (χ4v) is 2.29. The zero-order chi connectivity index (χ0) is 19.6. The van der Waals surface area contributed by atoms with Crippen molar-refractivity contribution in [3.05, 3.63) is 59.3 Å². The van der Waals surface area contributed by atoms with E-state index in [9.17, 15) is 4.79 Å². The quantitative estimate of drug-likeness (QED) is 0.402. The van der Waals surface area contributed by atoms with Crippen molar-refractivity contribution in [3.63, 3.8) is 0 Å². The van der Waals surface area contributed by atoms with Crippen LogP contribution in [0.25, 0.3) is 0 Å². The van der Waals surface area contributed by atoms with Crippen LogP contribution in [0.15, 0.2) is 52.8 Å². The second-order valence-corrected chi connectivity index (χ2v) is 5.28. The lowest BCUT2D eigenvalue weighted by atomic mass is 10.0. The maximum atomic E-state index is 12.0. The maximum Gasteiger partial charge on any atom is 0.360 e. The Morgan fingerprint density at radius 2 is 1.74 bits per heavy atom. The second-order valence-electron chi connectivity index (χ2n) is 5.28. The fourth-order valence-electron chi connectivity index (χ4n) is 2.29. The van der Waals surface area contributed by atoms with Gasteiger partial charge in [-0.05, 0) is 18.6 Å². The van der Waals surface area contributed by atoms with Crippen molar-refractivity contribution in [1.29, 1.82) is 0 Å². The molecule has 0 amide bonds. The normalized spacial score (nSPS) is 11.7. The van der Waals surface area contributed by atoms with Gasteiger partial charge in [0.2, 0.25) is 5.88 Å². The third-order valence-corrected chi connectivity index (χ3v) is 3.53. The van der Waals surface area contributed by atoms with Gasteiger partial charge in [-0.15, -0.1) is 0 Å². The van der Waals surface area contributed by atoms with Crippen LogP contribution in [0.3, 0.4) is 0 Å². The van der Waals surface area contributed by atoms with E-state index in [1.165, 1.54) is 21.3 Å². The molecule has 0 bridgehead atoms. The summed E-state index contributed by atoms with van der Waals surface area (Å²) in [6.07, 6.45) is 0. The van der Waals surface area contributed by atoms with Crippen molar-refractivity contribution < 1.29 is 23.9 Å². The largest absolute Gasteiger partial charge is 0.473 e. The average molecular weight is 371 g/mol. The Morgan fingerprint density at radius 1 is 1.00 bits per heavy atom. The molecule has 27 heavy (non-hydrogen) atoms. The second kappa shape index (κ2) is 9.91. The Bertz CT molecular complexity index is 849. The van der Waals surface area contributed by atoms with Gasteiger partial charge in [0.05, 0.1) is 12.8 Å². The summed E-state index contributed by atoms with van der Waals surface area (Å²) in [5, 5.41) is 7.64. The number of carbonyl (C=O) groups is 1. The number of ether oxygens (including phenoxy) is 2. The minimum absolute atomic E-state index is 0.0592. The predicted molar refractivity (Wildman–Crippen MR) is 99.8 cm³/mol. The Balaban J connectivity index is 2.25. The predicted octanol–water partition coefficient (Wildman–Crippen LogP) is 2.55. The lowest BCUT2D eigenvalue weighted by Gasteiger charge is -2.11. The fraction of sp³-hybridized carbons (Fsp3) is 0.263. The number of pyridine rings is 1. The molecule has 0 aliphatic heterocycles. The van der Waals surface area contributed by atoms with Gasteiger partial charge < -0.3 is 19.1 Å². The zero-order valence-electron chi connectivity index (χ0n) is 15.6. The molecule has 2 aromatic rings. The van der Waals surface area contributed by atoms with Crippen molar-refractivity contribution in [2.45, 2.75) is 13.5 Å². The third-order valence-electron chi connectivity index (χ3n) is 3.53. The van der Waals surface area contributed by atoms with E-state index in [0.29, 0.717) is 22.8 Å². The van der Waals surface area contributed by atoms with E-state index in [-0.39, 0.29) is 12.3 Å². The summed E-state index contributed by atoms with van der Waals surface area (Å²) in [4.78, 5) is 25.9. The number of aromatic nitrogens is 1.